The van der Waals surface area contributed by atoms with E-state index in [1.807, 2.05) is 0 Å². The zero-order valence-corrected chi connectivity index (χ0v) is 11.9. The molecule has 0 aromatic carbocycles. The van der Waals surface area contributed by atoms with E-state index >= 15 is 0 Å². The van der Waals surface area contributed by atoms with Crippen LogP contribution in [0.1, 0.15) is 26.7 Å². The molecule has 1 heterocycles. The molecular weight excluding hydrogens is 230 g/mol. The van der Waals surface area contributed by atoms with E-state index in [0.29, 0.717) is 0 Å². The minimum absolute atomic E-state index is 0.0869. The van der Waals surface area contributed by atoms with E-state index in [0.717, 1.165) is 45.6 Å². The number of hydrogen-bond donors (Lipinski definition) is 2. The molecule has 2 atom stereocenters. The Morgan fingerprint density at radius 2 is 2.22 bits per heavy atom. The van der Waals surface area contributed by atoms with Gasteiger partial charge in [0.2, 0.25) is 5.91 Å². The first kappa shape index (κ1) is 15.4. The molecule has 106 valence electrons. The zero-order chi connectivity index (χ0) is 13.4. The van der Waals surface area contributed by atoms with Crippen LogP contribution in [0.4, 0.5) is 0 Å². The summed E-state index contributed by atoms with van der Waals surface area (Å²) in [4.78, 5) is 14.2. The van der Waals surface area contributed by atoms with E-state index < -0.39 is 0 Å². The largest absolute Gasteiger partial charge is 0.380 e. The van der Waals surface area contributed by atoms with Crippen molar-refractivity contribution in [1.29, 1.82) is 0 Å². The lowest BCUT2D eigenvalue weighted by molar-refractivity contribution is -0.123. The number of methoxy groups -OCH3 is 1. The predicted molar refractivity (Wildman–Crippen MR) is 72.6 cm³/mol. The minimum atomic E-state index is -0.0869. The summed E-state index contributed by atoms with van der Waals surface area (Å²) in [6, 6.07) is -0.0869. The number of ether oxygens (including phenoxy) is 1. The Hall–Kier alpha value is -0.650. The van der Waals surface area contributed by atoms with Crippen molar-refractivity contribution in [3.8, 4) is 0 Å². The second-order valence-electron chi connectivity index (χ2n) is 4.78. The number of amides is 1. The summed E-state index contributed by atoms with van der Waals surface area (Å²) >= 11 is 0. The number of carbonyl (C=O) groups is 1. The molecule has 1 aliphatic heterocycles. The highest BCUT2D eigenvalue weighted by atomic mass is 16.5. The van der Waals surface area contributed by atoms with Gasteiger partial charge < -0.3 is 20.3 Å². The molecule has 1 aliphatic rings. The van der Waals surface area contributed by atoms with Gasteiger partial charge in [-0.05, 0) is 25.9 Å². The van der Waals surface area contributed by atoms with E-state index in [4.69, 9.17) is 4.74 Å². The van der Waals surface area contributed by atoms with E-state index in [-0.39, 0.29) is 18.1 Å². The summed E-state index contributed by atoms with van der Waals surface area (Å²) < 4.78 is 5.23. The van der Waals surface area contributed by atoms with Crippen LogP contribution in [0, 0.1) is 0 Å². The quantitative estimate of drug-likeness (QED) is 0.653. The molecule has 0 bridgehead atoms. The Morgan fingerprint density at radius 1 is 1.44 bits per heavy atom. The number of likely N-dealkylation sites (N-methyl/N-ethyl adjacent to an activating group) is 1. The van der Waals surface area contributed by atoms with Crippen molar-refractivity contribution >= 4 is 5.91 Å². The van der Waals surface area contributed by atoms with Crippen LogP contribution < -0.4 is 10.6 Å². The normalized spacial score (nSPS) is 23.6. The number of rotatable bonds is 8. The van der Waals surface area contributed by atoms with Crippen LogP contribution in [0.2, 0.25) is 0 Å². The summed E-state index contributed by atoms with van der Waals surface area (Å²) in [7, 11) is 1.69. The van der Waals surface area contributed by atoms with E-state index in [1.54, 1.807) is 7.11 Å². The number of hydrogen-bond acceptors (Lipinski definition) is 4. The molecule has 0 aromatic rings. The molecule has 18 heavy (non-hydrogen) atoms. The van der Waals surface area contributed by atoms with Crippen LogP contribution in [-0.2, 0) is 9.53 Å². The molecule has 2 unspecified atom stereocenters. The second-order valence-corrected chi connectivity index (χ2v) is 4.78. The highest BCUT2D eigenvalue weighted by Crippen LogP contribution is 2.09. The van der Waals surface area contributed by atoms with Crippen molar-refractivity contribution in [2.45, 2.75) is 38.8 Å². The molecular formula is C13H27N3O2. The summed E-state index contributed by atoms with van der Waals surface area (Å²) in [5.74, 6) is 0.0992. The van der Waals surface area contributed by atoms with Gasteiger partial charge in [0.1, 0.15) is 0 Å². The maximum absolute atomic E-state index is 11.9. The van der Waals surface area contributed by atoms with Crippen molar-refractivity contribution in [3.05, 3.63) is 0 Å². The van der Waals surface area contributed by atoms with Crippen LogP contribution in [0.25, 0.3) is 0 Å². The Kier molecular flexibility index (Phi) is 7.23. The molecule has 0 saturated carbocycles. The smallest absolute Gasteiger partial charge is 0.237 e. The van der Waals surface area contributed by atoms with E-state index in [1.165, 1.54) is 0 Å². The van der Waals surface area contributed by atoms with Crippen LogP contribution in [-0.4, -0.2) is 62.8 Å². The Morgan fingerprint density at radius 3 is 2.78 bits per heavy atom. The molecule has 0 radical (unpaired) electrons. The lowest BCUT2D eigenvalue weighted by atomic mass is 10.2. The number of nitrogens with zero attached hydrogens (tertiary/aromatic N) is 1. The van der Waals surface area contributed by atoms with Crippen molar-refractivity contribution in [2.75, 3.05) is 39.8 Å². The molecule has 5 heteroatoms. The lowest BCUT2D eigenvalue weighted by Crippen LogP contribution is -2.43. The summed E-state index contributed by atoms with van der Waals surface area (Å²) in [5, 5.41) is 6.18. The van der Waals surface area contributed by atoms with Crippen molar-refractivity contribution in [2.24, 2.45) is 0 Å². The minimum Gasteiger partial charge on any atom is -0.380 e. The molecule has 5 nitrogen and oxygen atoms in total. The van der Waals surface area contributed by atoms with Crippen LogP contribution >= 0.6 is 0 Å². The monoisotopic (exact) mass is 257 g/mol. The van der Waals surface area contributed by atoms with Gasteiger partial charge in [0.05, 0.1) is 12.1 Å². The highest BCUT2D eigenvalue weighted by Gasteiger charge is 2.28. The van der Waals surface area contributed by atoms with Crippen molar-refractivity contribution < 1.29 is 9.53 Å². The second kappa shape index (κ2) is 8.45. The van der Waals surface area contributed by atoms with Gasteiger partial charge in [-0.15, -0.1) is 0 Å². The van der Waals surface area contributed by atoms with Gasteiger partial charge in [0.25, 0.3) is 0 Å². The number of carbonyl (C=O) groups excluding carboxylic acids is 1. The lowest BCUT2D eigenvalue weighted by Gasteiger charge is -2.20. The average molecular weight is 257 g/mol. The fourth-order valence-electron chi connectivity index (χ4n) is 2.29. The summed E-state index contributed by atoms with van der Waals surface area (Å²) in [6.45, 7) is 8.88. The molecule has 0 aliphatic carbocycles. The van der Waals surface area contributed by atoms with Crippen LogP contribution in [0.15, 0.2) is 0 Å². The van der Waals surface area contributed by atoms with Gasteiger partial charge in [0.15, 0.2) is 0 Å². The number of nitrogens with one attached hydrogen (secondary N) is 2. The van der Waals surface area contributed by atoms with Gasteiger partial charge in [-0.3, -0.25) is 4.79 Å². The van der Waals surface area contributed by atoms with Crippen LogP contribution in [0.3, 0.4) is 0 Å². The molecule has 1 fully saturated rings. The van der Waals surface area contributed by atoms with Gasteiger partial charge >= 0.3 is 0 Å². The van der Waals surface area contributed by atoms with E-state index in [9.17, 15) is 4.79 Å². The third-order valence-corrected chi connectivity index (χ3v) is 3.45. The molecule has 1 amide bonds. The first-order valence-electron chi connectivity index (χ1n) is 6.97. The standard InChI is InChI=1S/C13H27N3O2/c1-4-7-16(5-2)8-6-14-13(17)12-9-11(18-3)10-15-12/h11-12,15H,4-10H2,1-3H3,(H,14,17). The fourth-order valence-corrected chi connectivity index (χ4v) is 2.29. The third kappa shape index (κ3) is 4.92. The fraction of sp³-hybridized carbons (Fsp3) is 0.923. The maximum Gasteiger partial charge on any atom is 0.237 e. The Labute approximate surface area is 110 Å². The molecule has 1 rings (SSSR count). The average Bonchev–Trinajstić information content (AvgIpc) is 2.86. The van der Waals surface area contributed by atoms with Gasteiger partial charge in [0, 0.05) is 26.7 Å². The Bertz CT molecular complexity index is 248. The summed E-state index contributed by atoms with van der Waals surface area (Å²) in [5.41, 5.74) is 0. The van der Waals surface area contributed by atoms with Crippen molar-refractivity contribution in [3.63, 3.8) is 0 Å². The first-order chi connectivity index (χ1) is 8.71. The SMILES string of the molecule is CCCN(CC)CCNC(=O)C1CC(OC)CN1. The van der Waals surface area contributed by atoms with Crippen molar-refractivity contribution in [1.82, 2.24) is 15.5 Å². The molecule has 0 spiro atoms. The molecule has 0 aromatic heterocycles. The first-order valence-corrected chi connectivity index (χ1v) is 6.97. The van der Waals surface area contributed by atoms with Crippen LogP contribution in [0.5, 0.6) is 0 Å². The topological polar surface area (TPSA) is 53.6 Å². The zero-order valence-electron chi connectivity index (χ0n) is 11.9. The van der Waals surface area contributed by atoms with Gasteiger partial charge in [-0.1, -0.05) is 13.8 Å². The maximum atomic E-state index is 11.9. The van der Waals surface area contributed by atoms with Gasteiger partial charge in [-0.25, -0.2) is 0 Å². The molecule has 2 N–H and O–H groups in total. The van der Waals surface area contributed by atoms with E-state index in [2.05, 4.69) is 29.4 Å². The van der Waals surface area contributed by atoms with Gasteiger partial charge in [-0.2, -0.15) is 0 Å². The molecule has 1 saturated heterocycles. The Balaban J connectivity index is 2.17. The highest BCUT2D eigenvalue weighted by molar-refractivity contribution is 5.82. The third-order valence-electron chi connectivity index (χ3n) is 3.45. The summed E-state index contributed by atoms with van der Waals surface area (Å²) in [6.07, 6.45) is 2.10. The predicted octanol–water partition coefficient (Wildman–Crippen LogP) is 0.211.